The normalized spacial score (nSPS) is 25.6. The second-order valence-corrected chi connectivity index (χ2v) is 7.35. The molecule has 0 aromatic carbocycles. The highest BCUT2D eigenvalue weighted by atomic mass is 32.2. The molecule has 1 N–H and O–H groups in total. The van der Waals surface area contributed by atoms with E-state index in [2.05, 4.69) is 0 Å². The van der Waals surface area contributed by atoms with Crippen LogP contribution in [0.25, 0.3) is 0 Å². The fourth-order valence-corrected chi connectivity index (χ4v) is 5.02. The Morgan fingerprint density at radius 2 is 1.39 bits per heavy atom. The van der Waals surface area contributed by atoms with Crippen molar-refractivity contribution < 1.29 is 9.90 Å². The summed E-state index contributed by atoms with van der Waals surface area (Å²) in [7, 11) is 0. The number of carboxylic acids is 1. The first-order valence-corrected chi connectivity index (χ1v) is 8.60. The Hall–Kier alpha value is -0.180. The van der Waals surface area contributed by atoms with Crippen LogP contribution in [0.2, 0.25) is 0 Å². The lowest BCUT2D eigenvalue weighted by Crippen LogP contribution is -2.29. The fraction of sp³-hybridized carbons (Fsp3) is 0.933. The van der Waals surface area contributed by atoms with Crippen molar-refractivity contribution in [1.29, 1.82) is 0 Å². The Kier molecular flexibility index (Phi) is 5.87. The zero-order valence-corrected chi connectivity index (χ0v) is 12.1. The second kappa shape index (κ2) is 7.42. The first-order valence-electron chi connectivity index (χ1n) is 7.65. The molecule has 1 unspecified atom stereocenters. The van der Waals surface area contributed by atoms with Crippen LogP contribution in [0.3, 0.4) is 0 Å². The molecule has 0 bridgehead atoms. The molecule has 2 aliphatic carbocycles. The van der Waals surface area contributed by atoms with E-state index in [1.54, 1.807) is 11.8 Å². The summed E-state index contributed by atoms with van der Waals surface area (Å²) in [5.74, 6) is -0.130. The zero-order valence-electron chi connectivity index (χ0n) is 11.3. The van der Waals surface area contributed by atoms with Crippen LogP contribution in [0.5, 0.6) is 0 Å². The number of carbonyl (C=O) groups is 1. The third-order valence-electron chi connectivity index (χ3n) is 4.46. The van der Waals surface area contributed by atoms with Crippen molar-refractivity contribution in [3.05, 3.63) is 0 Å². The maximum absolute atomic E-state index is 11.6. The van der Waals surface area contributed by atoms with E-state index in [0.717, 1.165) is 12.8 Å². The first-order chi connectivity index (χ1) is 8.77. The van der Waals surface area contributed by atoms with Gasteiger partial charge in [-0.2, -0.15) is 0 Å². The molecule has 2 fully saturated rings. The summed E-state index contributed by atoms with van der Waals surface area (Å²) in [6.07, 6.45) is 13.8. The molecule has 0 amide bonds. The van der Waals surface area contributed by atoms with Gasteiger partial charge in [0.25, 0.3) is 0 Å². The first kappa shape index (κ1) is 14.2. The molecule has 0 aliphatic heterocycles. The Morgan fingerprint density at radius 1 is 0.889 bits per heavy atom. The van der Waals surface area contributed by atoms with Crippen molar-refractivity contribution in [3.8, 4) is 0 Å². The molecule has 2 rings (SSSR count). The van der Waals surface area contributed by atoms with Gasteiger partial charge < -0.3 is 5.11 Å². The van der Waals surface area contributed by atoms with Crippen LogP contribution >= 0.6 is 11.8 Å². The number of carboxylic acid groups (broad SMARTS) is 1. The maximum Gasteiger partial charge on any atom is 0.316 e. The predicted molar refractivity (Wildman–Crippen MR) is 77.1 cm³/mol. The van der Waals surface area contributed by atoms with Gasteiger partial charge in [0.15, 0.2) is 0 Å². The van der Waals surface area contributed by atoms with Crippen molar-refractivity contribution in [1.82, 2.24) is 0 Å². The standard InChI is InChI=1S/C15H26O2S/c16-15(17)14(12-8-4-1-2-5-9-12)18-13-10-6-3-7-11-13/h12-14H,1-11H2,(H,16,17). The summed E-state index contributed by atoms with van der Waals surface area (Å²) >= 11 is 1.79. The van der Waals surface area contributed by atoms with Gasteiger partial charge in [-0.3, -0.25) is 4.79 Å². The van der Waals surface area contributed by atoms with E-state index >= 15 is 0 Å². The lowest BCUT2D eigenvalue weighted by Gasteiger charge is -2.28. The van der Waals surface area contributed by atoms with Gasteiger partial charge in [0.1, 0.15) is 5.25 Å². The minimum absolute atomic E-state index is 0.133. The van der Waals surface area contributed by atoms with Gasteiger partial charge in [-0.1, -0.05) is 44.9 Å². The second-order valence-electron chi connectivity index (χ2n) is 5.91. The van der Waals surface area contributed by atoms with E-state index in [1.165, 1.54) is 57.8 Å². The third-order valence-corrected chi connectivity index (χ3v) is 6.20. The molecule has 2 aliphatic rings. The van der Waals surface area contributed by atoms with E-state index in [9.17, 15) is 9.90 Å². The molecule has 104 valence electrons. The monoisotopic (exact) mass is 270 g/mol. The van der Waals surface area contributed by atoms with Crippen LogP contribution in [0, 0.1) is 5.92 Å². The van der Waals surface area contributed by atoms with Gasteiger partial charge in [0, 0.05) is 5.25 Å². The highest BCUT2D eigenvalue weighted by Crippen LogP contribution is 2.38. The van der Waals surface area contributed by atoms with Crippen molar-refractivity contribution >= 4 is 17.7 Å². The molecular formula is C15H26O2S. The minimum Gasteiger partial charge on any atom is -0.480 e. The molecule has 1 atom stereocenters. The highest BCUT2D eigenvalue weighted by molar-refractivity contribution is 8.01. The van der Waals surface area contributed by atoms with E-state index in [1.807, 2.05) is 0 Å². The van der Waals surface area contributed by atoms with E-state index in [-0.39, 0.29) is 5.25 Å². The summed E-state index contributed by atoms with van der Waals surface area (Å²) < 4.78 is 0. The Morgan fingerprint density at radius 3 is 1.94 bits per heavy atom. The largest absolute Gasteiger partial charge is 0.480 e. The number of thioether (sulfide) groups is 1. The average Bonchev–Trinajstić information content (AvgIpc) is 2.65. The van der Waals surface area contributed by atoms with Gasteiger partial charge in [-0.25, -0.2) is 0 Å². The topological polar surface area (TPSA) is 37.3 Å². The lowest BCUT2D eigenvalue weighted by atomic mass is 9.96. The van der Waals surface area contributed by atoms with Crippen molar-refractivity contribution in [2.75, 3.05) is 0 Å². The van der Waals surface area contributed by atoms with Crippen LogP contribution in [0.4, 0.5) is 0 Å². The Bertz CT molecular complexity index is 253. The van der Waals surface area contributed by atoms with Gasteiger partial charge in [0.05, 0.1) is 0 Å². The molecule has 2 saturated carbocycles. The average molecular weight is 270 g/mol. The van der Waals surface area contributed by atoms with Gasteiger partial charge in [-0.05, 0) is 31.6 Å². The summed E-state index contributed by atoms with van der Waals surface area (Å²) in [4.78, 5) is 11.6. The third kappa shape index (κ3) is 4.18. The lowest BCUT2D eigenvalue weighted by molar-refractivity contribution is -0.137. The van der Waals surface area contributed by atoms with Crippen molar-refractivity contribution in [2.45, 2.75) is 81.1 Å². The molecule has 3 heteroatoms. The molecule has 18 heavy (non-hydrogen) atoms. The van der Waals surface area contributed by atoms with Gasteiger partial charge in [0.2, 0.25) is 0 Å². The summed E-state index contributed by atoms with van der Waals surface area (Å²) in [5, 5.41) is 10.0. The summed E-state index contributed by atoms with van der Waals surface area (Å²) in [5.41, 5.74) is 0. The van der Waals surface area contributed by atoms with Crippen LogP contribution in [0.1, 0.15) is 70.6 Å². The molecule has 0 aromatic rings. The van der Waals surface area contributed by atoms with E-state index < -0.39 is 5.97 Å². The van der Waals surface area contributed by atoms with Crippen molar-refractivity contribution in [2.24, 2.45) is 5.92 Å². The highest BCUT2D eigenvalue weighted by Gasteiger charge is 2.31. The molecule has 0 aromatic heterocycles. The molecule has 0 radical (unpaired) electrons. The van der Waals surface area contributed by atoms with Crippen molar-refractivity contribution in [3.63, 3.8) is 0 Å². The fourth-order valence-electron chi connectivity index (χ4n) is 3.39. The molecule has 0 saturated heterocycles. The molecular weight excluding hydrogens is 244 g/mol. The number of aliphatic carboxylic acids is 1. The SMILES string of the molecule is O=C(O)C(SC1CCCCC1)C1CCCCCC1. The molecule has 0 heterocycles. The minimum atomic E-state index is -0.558. The quantitative estimate of drug-likeness (QED) is 0.765. The Labute approximate surface area is 115 Å². The Balaban J connectivity index is 1.91. The van der Waals surface area contributed by atoms with Crippen LogP contribution in [-0.4, -0.2) is 21.6 Å². The summed E-state index contributed by atoms with van der Waals surface area (Å²) in [6, 6.07) is 0. The number of hydrogen-bond acceptors (Lipinski definition) is 2. The van der Waals surface area contributed by atoms with Crippen LogP contribution < -0.4 is 0 Å². The molecule has 2 nitrogen and oxygen atoms in total. The smallest absolute Gasteiger partial charge is 0.316 e. The number of rotatable bonds is 4. The number of hydrogen-bond donors (Lipinski definition) is 1. The van der Waals surface area contributed by atoms with E-state index in [4.69, 9.17) is 0 Å². The maximum atomic E-state index is 11.6. The van der Waals surface area contributed by atoms with Crippen LogP contribution in [-0.2, 0) is 4.79 Å². The predicted octanol–water partition coefficient (Wildman–Crippen LogP) is 4.48. The van der Waals surface area contributed by atoms with Gasteiger partial charge in [-0.15, -0.1) is 11.8 Å². The van der Waals surface area contributed by atoms with Crippen LogP contribution in [0.15, 0.2) is 0 Å². The zero-order chi connectivity index (χ0) is 12.8. The molecule has 0 spiro atoms. The summed E-state index contributed by atoms with van der Waals surface area (Å²) in [6.45, 7) is 0. The van der Waals surface area contributed by atoms with E-state index in [0.29, 0.717) is 11.2 Å². The van der Waals surface area contributed by atoms with Gasteiger partial charge >= 0.3 is 5.97 Å².